The Labute approximate surface area is 113 Å². The van der Waals surface area contributed by atoms with E-state index in [2.05, 4.69) is 15.3 Å². The van der Waals surface area contributed by atoms with E-state index >= 15 is 0 Å². The van der Waals surface area contributed by atoms with E-state index in [0.717, 1.165) is 10.6 Å². The zero-order valence-electron chi connectivity index (χ0n) is 10.3. The molecule has 0 saturated carbocycles. The second-order valence-electron chi connectivity index (χ2n) is 3.86. The number of hydrogen-bond donors (Lipinski definition) is 3. The molecule has 0 aliphatic heterocycles. The van der Waals surface area contributed by atoms with Gasteiger partial charge in [0.05, 0.1) is 11.3 Å². The maximum Gasteiger partial charge on any atom is 0.337 e. The molecule has 0 saturated heterocycles. The molecule has 2 rings (SSSR count). The molecule has 0 amide bonds. The van der Waals surface area contributed by atoms with Crippen molar-refractivity contribution >= 4 is 28.3 Å². The number of aliphatic hydroxyl groups excluding tert-OH is 1. The van der Waals surface area contributed by atoms with Crippen molar-refractivity contribution in [3.05, 3.63) is 34.5 Å². The summed E-state index contributed by atoms with van der Waals surface area (Å²) in [6.45, 7) is 1.97. The molecule has 0 unspecified atom stereocenters. The van der Waals surface area contributed by atoms with Crippen molar-refractivity contribution in [2.45, 2.75) is 13.3 Å². The summed E-state index contributed by atoms with van der Waals surface area (Å²) < 4.78 is 0. The molecule has 0 aromatic carbocycles. The van der Waals surface area contributed by atoms with Gasteiger partial charge in [-0.25, -0.2) is 14.8 Å². The van der Waals surface area contributed by atoms with Gasteiger partial charge in [0.1, 0.15) is 5.82 Å². The number of carbonyl (C=O) groups is 1. The lowest BCUT2D eigenvalue weighted by Gasteiger charge is -2.01. The lowest BCUT2D eigenvalue weighted by atomic mass is 10.3. The number of thiazole rings is 1. The van der Waals surface area contributed by atoms with Gasteiger partial charge >= 0.3 is 5.97 Å². The zero-order valence-corrected chi connectivity index (χ0v) is 11.1. The smallest absolute Gasteiger partial charge is 0.337 e. The Bertz CT molecular complexity index is 580. The summed E-state index contributed by atoms with van der Waals surface area (Å²) in [5.41, 5.74) is 1.02. The third-order valence-electron chi connectivity index (χ3n) is 2.48. The summed E-state index contributed by atoms with van der Waals surface area (Å²) in [6, 6.07) is 3.07. The number of aromatic nitrogens is 2. The normalized spacial score (nSPS) is 10.4. The topological polar surface area (TPSA) is 95.3 Å². The molecule has 19 heavy (non-hydrogen) atoms. The SMILES string of the molecule is Cc1nc(Nc2ccc(C(=O)O)cn2)sc1CCO. The van der Waals surface area contributed by atoms with Crippen molar-refractivity contribution in [2.24, 2.45) is 0 Å². The Kier molecular flexibility index (Phi) is 4.08. The molecule has 0 atom stereocenters. The lowest BCUT2D eigenvalue weighted by Crippen LogP contribution is -1.99. The second kappa shape index (κ2) is 5.77. The summed E-state index contributed by atoms with van der Waals surface area (Å²) >= 11 is 1.45. The number of carboxylic acid groups (broad SMARTS) is 1. The number of aryl methyl sites for hydroxylation is 1. The van der Waals surface area contributed by atoms with Gasteiger partial charge < -0.3 is 15.5 Å². The van der Waals surface area contributed by atoms with Crippen molar-refractivity contribution in [1.82, 2.24) is 9.97 Å². The summed E-state index contributed by atoms with van der Waals surface area (Å²) in [7, 11) is 0. The molecule has 100 valence electrons. The van der Waals surface area contributed by atoms with Gasteiger partial charge in [0.2, 0.25) is 0 Å². The van der Waals surface area contributed by atoms with Crippen LogP contribution in [-0.2, 0) is 6.42 Å². The molecule has 2 heterocycles. The van der Waals surface area contributed by atoms with Crippen LogP contribution in [0.1, 0.15) is 20.9 Å². The fourth-order valence-corrected chi connectivity index (χ4v) is 2.48. The molecule has 0 aliphatic rings. The Hall–Kier alpha value is -1.99. The molecule has 0 spiro atoms. The van der Waals surface area contributed by atoms with Crippen molar-refractivity contribution in [2.75, 3.05) is 11.9 Å². The van der Waals surface area contributed by atoms with Gasteiger partial charge in [0.25, 0.3) is 0 Å². The summed E-state index contributed by atoms with van der Waals surface area (Å²) in [4.78, 5) is 20.0. The summed E-state index contributed by atoms with van der Waals surface area (Å²) in [5, 5.41) is 21.4. The van der Waals surface area contributed by atoms with Crippen LogP contribution in [-0.4, -0.2) is 32.8 Å². The fraction of sp³-hybridized carbons (Fsp3) is 0.250. The van der Waals surface area contributed by atoms with Gasteiger partial charge in [-0.15, -0.1) is 11.3 Å². The van der Waals surface area contributed by atoms with E-state index in [1.54, 1.807) is 6.07 Å². The number of rotatable bonds is 5. The number of nitrogens with one attached hydrogen (secondary N) is 1. The van der Waals surface area contributed by atoms with Crippen LogP contribution < -0.4 is 5.32 Å². The van der Waals surface area contributed by atoms with Gasteiger partial charge in [0.15, 0.2) is 5.13 Å². The molecule has 0 radical (unpaired) electrons. The van der Waals surface area contributed by atoms with Crippen molar-refractivity contribution in [1.29, 1.82) is 0 Å². The van der Waals surface area contributed by atoms with Crippen LogP contribution in [0, 0.1) is 6.92 Å². The van der Waals surface area contributed by atoms with Crippen LogP contribution in [0.3, 0.4) is 0 Å². The highest BCUT2D eigenvalue weighted by molar-refractivity contribution is 7.15. The first-order valence-electron chi connectivity index (χ1n) is 5.63. The van der Waals surface area contributed by atoms with Gasteiger partial charge in [0, 0.05) is 24.1 Å². The average Bonchev–Trinajstić information content (AvgIpc) is 2.71. The lowest BCUT2D eigenvalue weighted by molar-refractivity contribution is 0.0696. The van der Waals surface area contributed by atoms with Gasteiger partial charge in [-0.1, -0.05) is 0 Å². The minimum Gasteiger partial charge on any atom is -0.478 e. The van der Waals surface area contributed by atoms with Crippen molar-refractivity contribution in [3.8, 4) is 0 Å². The molecular formula is C12H13N3O3S. The monoisotopic (exact) mass is 279 g/mol. The Balaban J connectivity index is 2.12. The van der Waals surface area contributed by atoms with Crippen LogP contribution in [0.2, 0.25) is 0 Å². The van der Waals surface area contributed by atoms with E-state index < -0.39 is 5.97 Å². The third-order valence-corrected chi connectivity index (χ3v) is 3.61. The molecule has 3 N–H and O–H groups in total. The second-order valence-corrected chi connectivity index (χ2v) is 4.95. The van der Waals surface area contributed by atoms with Crippen LogP contribution in [0.5, 0.6) is 0 Å². The first-order valence-corrected chi connectivity index (χ1v) is 6.45. The number of nitrogens with zero attached hydrogens (tertiary/aromatic N) is 2. The molecule has 7 heteroatoms. The van der Waals surface area contributed by atoms with E-state index in [4.69, 9.17) is 10.2 Å². The van der Waals surface area contributed by atoms with Crippen LogP contribution in [0.4, 0.5) is 10.9 Å². The summed E-state index contributed by atoms with van der Waals surface area (Å²) in [5.74, 6) is -0.469. The molecule has 6 nitrogen and oxygen atoms in total. The van der Waals surface area contributed by atoms with Crippen LogP contribution >= 0.6 is 11.3 Å². The predicted octanol–water partition coefficient (Wildman–Crippen LogP) is 1.82. The standard InChI is InChI=1S/C12H13N3O3S/c1-7-9(4-5-16)19-12(14-7)15-10-3-2-8(6-13-10)11(17)18/h2-3,6,16H,4-5H2,1H3,(H,17,18)(H,13,14,15). The van der Waals surface area contributed by atoms with E-state index in [1.807, 2.05) is 6.92 Å². The predicted molar refractivity (Wildman–Crippen MR) is 72.1 cm³/mol. The number of hydrogen-bond acceptors (Lipinski definition) is 6. The van der Waals surface area contributed by atoms with Crippen LogP contribution in [0.25, 0.3) is 0 Å². The highest BCUT2D eigenvalue weighted by Crippen LogP contribution is 2.25. The zero-order chi connectivity index (χ0) is 13.8. The largest absolute Gasteiger partial charge is 0.478 e. The number of aromatic carboxylic acids is 1. The maximum absolute atomic E-state index is 10.7. The van der Waals surface area contributed by atoms with Gasteiger partial charge in [-0.05, 0) is 19.1 Å². The first kappa shape index (κ1) is 13.4. The minimum absolute atomic E-state index is 0.0913. The molecule has 2 aromatic heterocycles. The number of carboxylic acids is 1. The molecule has 0 aliphatic carbocycles. The van der Waals surface area contributed by atoms with Crippen molar-refractivity contribution < 1.29 is 15.0 Å². The number of pyridine rings is 1. The first-order chi connectivity index (χ1) is 9.10. The van der Waals surface area contributed by atoms with Gasteiger partial charge in [-0.2, -0.15) is 0 Å². The third kappa shape index (κ3) is 3.27. The molecule has 0 bridgehead atoms. The highest BCUT2D eigenvalue weighted by Gasteiger charge is 2.08. The van der Waals surface area contributed by atoms with Gasteiger partial charge in [-0.3, -0.25) is 0 Å². The van der Waals surface area contributed by atoms with E-state index in [0.29, 0.717) is 17.4 Å². The highest BCUT2D eigenvalue weighted by atomic mass is 32.1. The minimum atomic E-state index is -1.01. The average molecular weight is 279 g/mol. The number of anilines is 2. The van der Waals surface area contributed by atoms with E-state index in [9.17, 15) is 4.79 Å². The molecular weight excluding hydrogens is 266 g/mol. The molecule has 2 aromatic rings. The molecule has 0 fully saturated rings. The van der Waals surface area contributed by atoms with Crippen LogP contribution in [0.15, 0.2) is 18.3 Å². The quantitative estimate of drug-likeness (QED) is 0.772. The Morgan fingerprint density at radius 1 is 1.47 bits per heavy atom. The van der Waals surface area contributed by atoms with E-state index in [-0.39, 0.29) is 12.2 Å². The van der Waals surface area contributed by atoms with E-state index in [1.165, 1.54) is 23.6 Å². The van der Waals surface area contributed by atoms with Crippen molar-refractivity contribution in [3.63, 3.8) is 0 Å². The maximum atomic E-state index is 10.7. The Morgan fingerprint density at radius 2 is 2.26 bits per heavy atom. The Morgan fingerprint density at radius 3 is 2.84 bits per heavy atom. The summed E-state index contributed by atoms with van der Waals surface area (Å²) in [6.07, 6.45) is 1.87. The fourth-order valence-electron chi connectivity index (χ4n) is 1.52. The number of aliphatic hydroxyl groups is 1.